The first-order valence-electron chi connectivity index (χ1n) is 7.20. The van der Waals surface area contributed by atoms with E-state index in [1.54, 1.807) is 0 Å². The van der Waals surface area contributed by atoms with Gasteiger partial charge in [0.2, 0.25) is 0 Å². The molecule has 2 atom stereocenters. The van der Waals surface area contributed by atoms with Gasteiger partial charge in [0.15, 0.2) is 0 Å². The van der Waals surface area contributed by atoms with Crippen LogP contribution in [0.4, 0.5) is 0 Å². The molecule has 3 nitrogen and oxygen atoms in total. The molecule has 1 aliphatic heterocycles. The Morgan fingerprint density at radius 3 is 2.84 bits per heavy atom. The van der Waals surface area contributed by atoms with Crippen molar-refractivity contribution in [2.24, 2.45) is 0 Å². The van der Waals surface area contributed by atoms with Crippen LogP contribution in [0.15, 0.2) is 18.2 Å². The number of nitrogens with one attached hydrogen (secondary N) is 1. The summed E-state index contributed by atoms with van der Waals surface area (Å²) in [5.41, 5.74) is 3.98. The quantitative estimate of drug-likeness (QED) is 0.856. The maximum atomic E-state index is 5.95. The van der Waals surface area contributed by atoms with E-state index >= 15 is 0 Å². The molecule has 1 fully saturated rings. The number of hydrogen-bond acceptors (Lipinski definition) is 3. The zero-order chi connectivity index (χ0) is 13.7. The first-order valence-corrected chi connectivity index (χ1v) is 7.20. The van der Waals surface area contributed by atoms with Gasteiger partial charge in [-0.1, -0.05) is 25.1 Å². The van der Waals surface area contributed by atoms with Crippen LogP contribution >= 0.6 is 0 Å². The van der Waals surface area contributed by atoms with Gasteiger partial charge in [-0.3, -0.25) is 0 Å². The van der Waals surface area contributed by atoms with Gasteiger partial charge in [0.1, 0.15) is 0 Å². The van der Waals surface area contributed by atoms with Crippen LogP contribution in [-0.4, -0.2) is 32.5 Å². The third-order valence-electron chi connectivity index (χ3n) is 3.77. The molecule has 2 unspecified atom stereocenters. The summed E-state index contributed by atoms with van der Waals surface area (Å²) in [6.45, 7) is 9.67. The number of rotatable bonds is 6. The van der Waals surface area contributed by atoms with E-state index in [2.05, 4.69) is 44.3 Å². The van der Waals surface area contributed by atoms with E-state index in [4.69, 9.17) is 9.47 Å². The molecule has 0 aromatic heterocycles. The Balaban J connectivity index is 1.99. The number of hydrogen-bond donors (Lipinski definition) is 1. The molecule has 1 aliphatic rings. The molecule has 0 aliphatic carbocycles. The van der Waals surface area contributed by atoms with Crippen LogP contribution in [0.1, 0.15) is 36.1 Å². The van der Waals surface area contributed by atoms with Crippen molar-refractivity contribution in [3.05, 3.63) is 34.9 Å². The van der Waals surface area contributed by atoms with Gasteiger partial charge in [0.05, 0.1) is 25.4 Å². The molecule has 1 aromatic carbocycles. The van der Waals surface area contributed by atoms with Crippen molar-refractivity contribution in [1.82, 2.24) is 5.32 Å². The van der Waals surface area contributed by atoms with Crippen molar-refractivity contribution in [2.75, 3.05) is 26.4 Å². The fraction of sp³-hybridized carbons (Fsp3) is 0.625. The van der Waals surface area contributed by atoms with Crippen LogP contribution in [0.5, 0.6) is 0 Å². The summed E-state index contributed by atoms with van der Waals surface area (Å²) in [4.78, 5) is 0. The highest BCUT2D eigenvalue weighted by molar-refractivity contribution is 5.31. The predicted octanol–water partition coefficient (Wildman–Crippen LogP) is 2.76. The summed E-state index contributed by atoms with van der Waals surface area (Å²) in [6, 6.07) is 6.92. The molecule has 1 heterocycles. The minimum atomic E-state index is 0.268. The summed E-state index contributed by atoms with van der Waals surface area (Å²) < 4.78 is 11.3. The van der Waals surface area contributed by atoms with Crippen LogP contribution in [0.3, 0.4) is 0 Å². The third kappa shape index (κ3) is 4.03. The maximum absolute atomic E-state index is 5.95. The summed E-state index contributed by atoms with van der Waals surface area (Å²) in [7, 11) is 0. The van der Waals surface area contributed by atoms with Crippen LogP contribution in [0.2, 0.25) is 0 Å². The van der Waals surface area contributed by atoms with Crippen LogP contribution in [-0.2, 0) is 9.47 Å². The second-order valence-corrected chi connectivity index (χ2v) is 5.27. The van der Waals surface area contributed by atoms with E-state index in [0.717, 1.165) is 26.2 Å². The lowest BCUT2D eigenvalue weighted by Crippen LogP contribution is -2.28. The summed E-state index contributed by atoms with van der Waals surface area (Å²) in [6.07, 6.45) is 1.29. The molecule has 0 bridgehead atoms. The third-order valence-corrected chi connectivity index (χ3v) is 3.77. The van der Waals surface area contributed by atoms with E-state index in [1.165, 1.54) is 16.7 Å². The van der Waals surface area contributed by atoms with Gasteiger partial charge in [0, 0.05) is 6.61 Å². The Morgan fingerprint density at radius 2 is 2.21 bits per heavy atom. The highest BCUT2D eigenvalue weighted by Gasteiger charge is 2.19. The van der Waals surface area contributed by atoms with Crippen molar-refractivity contribution < 1.29 is 9.47 Å². The topological polar surface area (TPSA) is 30.5 Å². The van der Waals surface area contributed by atoms with Gasteiger partial charge < -0.3 is 14.8 Å². The fourth-order valence-corrected chi connectivity index (χ4v) is 2.38. The summed E-state index contributed by atoms with van der Waals surface area (Å²) in [5.74, 6) is 0. The Morgan fingerprint density at radius 1 is 1.37 bits per heavy atom. The lowest BCUT2D eigenvalue weighted by atomic mass is 10.0. The highest BCUT2D eigenvalue weighted by Crippen LogP contribution is 2.19. The molecule has 0 radical (unpaired) electrons. The molecule has 0 spiro atoms. The lowest BCUT2D eigenvalue weighted by Gasteiger charge is -2.21. The van der Waals surface area contributed by atoms with E-state index in [-0.39, 0.29) is 12.1 Å². The minimum absolute atomic E-state index is 0.268. The Bertz CT molecular complexity index is 400. The second kappa shape index (κ2) is 7.04. The van der Waals surface area contributed by atoms with Crippen molar-refractivity contribution in [1.29, 1.82) is 0 Å². The minimum Gasteiger partial charge on any atom is -0.379 e. The molecular weight excluding hydrogens is 238 g/mol. The fourth-order valence-electron chi connectivity index (χ4n) is 2.38. The predicted molar refractivity (Wildman–Crippen MR) is 77.5 cm³/mol. The SMILES string of the molecule is CCNC(COC1CCOC1)c1ccc(C)c(C)c1. The summed E-state index contributed by atoms with van der Waals surface area (Å²) in [5, 5.41) is 3.50. The van der Waals surface area contributed by atoms with Crippen LogP contribution in [0.25, 0.3) is 0 Å². The van der Waals surface area contributed by atoms with E-state index in [9.17, 15) is 0 Å². The standard InChI is InChI=1S/C16H25NO2/c1-4-17-16(11-19-15-7-8-18-10-15)14-6-5-12(2)13(3)9-14/h5-6,9,15-17H,4,7-8,10-11H2,1-3H3. The largest absolute Gasteiger partial charge is 0.379 e. The van der Waals surface area contributed by atoms with Gasteiger partial charge in [-0.05, 0) is 43.5 Å². The molecule has 0 saturated carbocycles. The van der Waals surface area contributed by atoms with Gasteiger partial charge in [-0.2, -0.15) is 0 Å². The Hall–Kier alpha value is -0.900. The van der Waals surface area contributed by atoms with E-state index in [1.807, 2.05) is 0 Å². The molecule has 1 N–H and O–H groups in total. The maximum Gasteiger partial charge on any atom is 0.0831 e. The van der Waals surface area contributed by atoms with Crippen molar-refractivity contribution in [2.45, 2.75) is 39.3 Å². The number of aryl methyl sites for hydroxylation is 2. The molecule has 1 saturated heterocycles. The van der Waals surface area contributed by atoms with Crippen molar-refractivity contribution in [3.63, 3.8) is 0 Å². The number of benzene rings is 1. The second-order valence-electron chi connectivity index (χ2n) is 5.27. The van der Waals surface area contributed by atoms with Gasteiger partial charge >= 0.3 is 0 Å². The van der Waals surface area contributed by atoms with Gasteiger partial charge in [-0.25, -0.2) is 0 Å². The van der Waals surface area contributed by atoms with Gasteiger partial charge in [0.25, 0.3) is 0 Å². The molecule has 3 heteroatoms. The molecule has 1 aromatic rings. The Labute approximate surface area is 116 Å². The number of ether oxygens (including phenoxy) is 2. The smallest absolute Gasteiger partial charge is 0.0831 e. The van der Waals surface area contributed by atoms with Crippen LogP contribution in [0, 0.1) is 13.8 Å². The average Bonchev–Trinajstić information content (AvgIpc) is 2.91. The van der Waals surface area contributed by atoms with Crippen LogP contribution < -0.4 is 5.32 Å². The summed E-state index contributed by atoms with van der Waals surface area (Å²) >= 11 is 0. The van der Waals surface area contributed by atoms with Crippen molar-refractivity contribution >= 4 is 0 Å². The van der Waals surface area contributed by atoms with E-state index in [0.29, 0.717) is 6.61 Å². The first-order chi connectivity index (χ1) is 9.20. The monoisotopic (exact) mass is 263 g/mol. The average molecular weight is 263 g/mol. The molecule has 106 valence electrons. The first kappa shape index (κ1) is 14.5. The lowest BCUT2D eigenvalue weighted by molar-refractivity contribution is 0.0299. The Kier molecular flexibility index (Phi) is 5.37. The molecular formula is C16H25NO2. The van der Waals surface area contributed by atoms with Crippen molar-refractivity contribution in [3.8, 4) is 0 Å². The molecule has 2 rings (SSSR count). The van der Waals surface area contributed by atoms with Gasteiger partial charge in [-0.15, -0.1) is 0 Å². The molecule has 19 heavy (non-hydrogen) atoms. The highest BCUT2D eigenvalue weighted by atomic mass is 16.5. The molecule has 0 amide bonds. The number of likely N-dealkylation sites (N-methyl/N-ethyl adjacent to an activating group) is 1. The van der Waals surface area contributed by atoms with E-state index < -0.39 is 0 Å². The zero-order valence-electron chi connectivity index (χ0n) is 12.2. The zero-order valence-corrected chi connectivity index (χ0v) is 12.2. The normalized spacial score (nSPS) is 20.7.